The lowest BCUT2D eigenvalue weighted by atomic mass is 10.0. The van der Waals surface area contributed by atoms with Crippen molar-refractivity contribution in [3.63, 3.8) is 0 Å². The van der Waals surface area contributed by atoms with Gasteiger partial charge in [0.25, 0.3) is 0 Å². The number of hydrogen-bond acceptors (Lipinski definition) is 5. The van der Waals surface area contributed by atoms with Crippen molar-refractivity contribution >= 4 is 0 Å². The number of nitrogens with zero attached hydrogens (tertiary/aromatic N) is 1. The summed E-state index contributed by atoms with van der Waals surface area (Å²) < 4.78 is 16.2. The van der Waals surface area contributed by atoms with Gasteiger partial charge in [-0.1, -0.05) is 6.92 Å². The Morgan fingerprint density at radius 2 is 1.62 bits per heavy atom. The normalized spacial score (nSPS) is 13.9. The van der Waals surface area contributed by atoms with Crippen molar-refractivity contribution < 1.29 is 14.2 Å². The van der Waals surface area contributed by atoms with E-state index in [0.29, 0.717) is 29.8 Å². The molecule has 0 saturated carbocycles. The molecule has 1 aromatic carbocycles. The van der Waals surface area contributed by atoms with Crippen LogP contribution in [-0.2, 0) is 0 Å². The highest BCUT2D eigenvalue weighted by molar-refractivity contribution is 5.54. The molecule has 0 heterocycles. The smallest absolute Gasteiger partial charge is 0.203 e. The number of benzene rings is 1. The maximum atomic E-state index is 6.00. The van der Waals surface area contributed by atoms with Crippen LogP contribution in [0.1, 0.15) is 31.9 Å². The van der Waals surface area contributed by atoms with Crippen molar-refractivity contribution in [3.8, 4) is 17.2 Å². The van der Waals surface area contributed by atoms with E-state index in [-0.39, 0.29) is 6.04 Å². The molecule has 2 N–H and O–H groups in total. The van der Waals surface area contributed by atoms with Gasteiger partial charge in [0.05, 0.1) is 21.3 Å². The second-order valence-electron chi connectivity index (χ2n) is 5.13. The standard InChI is InChI=1S/C16H28N2O3/c1-7-11(2)18(3)13(10-17)12-8-14(19-4)16(21-6)15(9-12)20-5/h8-9,11,13H,7,10,17H2,1-6H3. The molecule has 5 nitrogen and oxygen atoms in total. The summed E-state index contributed by atoms with van der Waals surface area (Å²) in [5.41, 5.74) is 7.06. The minimum absolute atomic E-state index is 0.105. The van der Waals surface area contributed by atoms with Gasteiger partial charge in [-0.05, 0) is 38.1 Å². The summed E-state index contributed by atoms with van der Waals surface area (Å²) in [6.07, 6.45) is 1.07. The van der Waals surface area contributed by atoms with E-state index >= 15 is 0 Å². The van der Waals surface area contributed by atoms with Crippen LogP contribution in [0.25, 0.3) is 0 Å². The number of methoxy groups -OCH3 is 3. The molecule has 2 unspecified atom stereocenters. The van der Waals surface area contributed by atoms with E-state index in [9.17, 15) is 0 Å². The summed E-state index contributed by atoms with van der Waals surface area (Å²) in [4.78, 5) is 2.28. The van der Waals surface area contributed by atoms with E-state index in [1.807, 2.05) is 12.1 Å². The first-order valence-corrected chi connectivity index (χ1v) is 7.25. The van der Waals surface area contributed by atoms with Crippen molar-refractivity contribution in [2.75, 3.05) is 34.9 Å². The van der Waals surface area contributed by atoms with Gasteiger partial charge in [-0.3, -0.25) is 4.90 Å². The van der Waals surface area contributed by atoms with Crippen LogP contribution >= 0.6 is 0 Å². The van der Waals surface area contributed by atoms with Crippen molar-refractivity contribution in [2.45, 2.75) is 32.4 Å². The Labute approximate surface area is 128 Å². The average molecular weight is 296 g/mol. The third-order valence-electron chi connectivity index (χ3n) is 4.07. The Morgan fingerprint density at radius 1 is 1.10 bits per heavy atom. The highest BCUT2D eigenvalue weighted by Crippen LogP contribution is 2.40. The van der Waals surface area contributed by atoms with E-state index < -0.39 is 0 Å². The lowest BCUT2D eigenvalue weighted by molar-refractivity contribution is 0.184. The summed E-state index contributed by atoms with van der Waals surface area (Å²) in [6, 6.07) is 4.49. The van der Waals surface area contributed by atoms with Crippen molar-refractivity contribution in [1.29, 1.82) is 0 Å². The highest BCUT2D eigenvalue weighted by Gasteiger charge is 2.23. The highest BCUT2D eigenvalue weighted by atomic mass is 16.5. The van der Waals surface area contributed by atoms with Gasteiger partial charge in [-0.25, -0.2) is 0 Å². The molecule has 120 valence electrons. The van der Waals surface area contributed by atoms with Gasteiger partial charge in [0.1, 0.15) is 0 Å². The number of likely N-dealkylation sites (N-methyl/N-ethyl adjacent to an activating group) is 1. The molecule has 0 fully saturated rings. The van der Waals surface area contributed by atoms with Crippen molar-refractivity contribution in [2.24, 2.45) is 5.73 Å². The Kier molecular flexibility index (Phi) is 6.78. The second-order valence-corrected chi connectivity index (χ2v) is 5.13. The number of ether oxygens (including phenoxy) is 3. The molecular formula is C16H28N2O3. The van der Waals surface area contributed by atoms with Crippen LogP contribution in [0, 0.1) is 0 Å². The molecule has 0 bridgehead atoms. The van der Waals surface area contributed by atoms with E-state index in [2.05, 4.69) is 25.8 Å². The largest absolute Gasteiger partial charge is 0.493 e. The van der Waals surface area contributed by atoms with E-state index in [1.165, 1.54) is 0 Å². The third-order valence-corrected chi connectivity index (χ3v) is 4.07. The first-order chi connectivity index (χ1) is 10.0. The molecule has 1 aromatic rings. The fraction of sp³-hybridized carbons (Fsp3) is 0.625. The zero-order chi connectivity index (χ0) is 16.0. The topological polar surface area (TPSA) is 57.0 Å². The first kappa shape index (κ1) is 17.6. The Morgan fingerprint density at radius 3 is 1.95 bits per heavy atom. The SMILES string of the molecule is CCC(C)N(C)C(CN)c1cc(OC)c(OC)c(OC)c1. The van der Waals surface area contributed by atoms with Crippen LogP contribution in [0.4, 0.5) is 0 Å². The predicted octanol–water partition coefficient (Wildman–Crippen LogP) is 2.44. The van der Waals surface area contributed by atoms with Gasteiger partial charge in [-0.15, -0.1) is 0 Å². The molecule has 0 radical (unpaired) electrons. The lowest BCUT2D eigenvalue weighted by Gasteiger charge is -2.32. The lowest BCUT2D eigenvalue weighted by Crippen LogP contribution is -2.36. The van der Waals surface area contributed by atoms with Crippen molar-refractivity contribution in [1.82, 2.24) is 4.90 Å². The zero-order valence-corrected chi connectivity index (χ0v) is 14.0. The number of hydrogen-bond donors (Lipinski definition) is 1. The van der Waals surface area contributed by atoms with E-state index in [4.69, 9.17) is 19.9 Å². The maximum Gasteiger partial charge on any atom is 0.203 e. The summed E-state index contributed by atoms with van der Waals surface area (Å²) in [5.74, 6) is 1.91. The van der Waals surface area contributed by atoms with Gasteiger partial charge in [0.15, 0.2) is 11.5 Å². The molecule has 1 rings (SSSR count). The van der Waals surface area contributed by atoms with E-state index in [0.717, 1.165) is 12.0 Å². The number of rotatable bonds is 8. The van der Waals surface area contributed by atoms with Crippen LogP contribution in [-0.4, -0.2) is 45.9 Å². The molecule has 0 saturated heterocycles. The van der Waals surface area contributed by atoms with E-state index in [1.54, 1.807) is 21.3 Å². The monoisotopic (exact) mass is 296 g/mol. The molecular weight excluding hydrogens is 268 g/mol. The van der Waals surface area contributed by atoms with Crippen LogP contribution < -0.4 is 19.9 Å². The average Bonchev–Trinajstić information content (AvgIpc) is 2.53. The molecule has 21 heavy (non-hydrogen) atoms. The number of nitrogens with two attached hydrogens (primary N) is 1. The molecule has 2 atom stereocenters. The predicted molar refractivity (Wildman–Crippen MR) is 85.4 cm³/mol. The molecule has 0 aromatic heterocycles. The third kappa shape index (κ3) is 3.80. The van der Waals surface area contributed by atoms with Gasteiger partial charge < -0.3 is 19.9 Å². The molecule has 5 heteroatoms. The molecule has 0 aliphatic rings. The zero-order valence-electron chi connectivity index (χ0n) is 14.0. The molecule has 0 amide bonds. The van der Waals surface area contributed by atoms with Crippen LogP contribution in [0.3, 0.4) is 0 Å². The fourth-order valence-corrected chi connectivity index (χ4v) is 2.43. The Hall–Kier alpha value is -1.46. The Balaban J connectivity index is 3.27. The van der Waals surface area contributed by atoms with Gasteiger partial charge in [0.2, 0.25) is 5.75 Å². The van der Waals surface area contributed by atoms with Gasteiger partial charge in [0, 0.05) is 18.6 Å². The first-order valence-electron chi connectivity index (χ1n) is 7.25. The Bertz CT molecular complexity index is 426. The summed E-state index contributed by atoms with van der Waals surface area (Å²) in [5, 5.41) is 0. The summed E-state index contributed by atoms with van der Waals surface area (Å²) >= 11 is 0. The molecule has 0 spiro atoms. The maximum absolute atomic E-state index is 6.00. The van der Waals surface area contributed by atoms with Crippen LogP contribution in [0.2, 0.25) is 0 Å². The van der Waals surface area contributed by atoms with Crippen LogP contribution in [0.5, 0.6) is 17.2 Å². The van der Waals surface area contributed by atoms with Crippen molar-refractivity contribution in [3.05, 3.63) is 17.7 Å². The summed E-state index contributed by atoms with van der Waals surface area (Å²) in [7, 11) is 6.94. The molecule has 0 aliphatic heterocycles. The van der Waals surface area contributed by atoms with Crippen LogP contribution in [0.15, 0.2) is 12.1 Å². The quantitative estimate of drug-likeness (QED) is 0.798. The second kappa shape index (κ2) is 8.10. The minimum Gasteiger partial charge on any atom is -0.493 e. The van der Waals surface area contributed by atoms with Gasteiger partial charge in [-0.2, -0.15) is 0 Å². The van der Waals surface area contributed by atoms with Gasteiger partial charge >= 0.3 is 0 Å². The molecule has 0 aliphatic carbocycles. The minimum atomic E-state index is 0.105. The summed E-state index contributed by atoms with van der Waals surface area (Å²) in [6.45, 7) is 4.89. The fourth-order valence-electron chi connectivity index (χ4n) is 2.43.